The molecule has 1 aromatic rings. The van der Waals surface area contributed by atoms with E-state index in [0.29, 0.717) is 0 Å². The first-order valence-corrected chi connectivity index (χ1v) is 7.79. The number of nitrogens with zero attached hydrogens (tertiary/aromatic N) is 3. The number of imidazole rings is 1. The normalized spacial score (nSPS) is 24.6. The minimum Gasteiger partial charge on any atom is -0.337 e. The summed E-state index contributed by atoms with van der Waals surface area (Å²) >= 11 is 2.04. The third-order valence-electron chi connectivity index (χ3n) is 3.77. The topological polar surface area (TPSA) is 21.1 Å². The largest absolute Gasteiger partial charge is 0.337 e. The molecule has 0 aromatic carbocycles. The van der Waals surface area contributed by atoms with Gasteiger partial charge in [-0.05, 0) is 39.1 Å². The Hall–Kier alpha value is -0.480. The maximum absolute atomic E-state index is 4.07. The summed E-state index contributed by atoms with van der Waals surface area (Å²) in [4.78, 5) is 6.63. The highest BCUT2D eigenvalue weighted by molar-refractivity contribution is 7.99. The van der Waals surface area contributed by atoms with E-state index in [1.165, 1.54) is 32.2 Å². The van der Waals surface area contributed by atoms with Crippen LogP contribution in [-0.2, 0) is 6.54 Å². The van der Waals surface area contributed by atoms with Gasteiger partial charge < -0.3 is 9.47 Å². The molecule has 2 atom stereocenters. The highest BCUT2D eigenvalue weighted by Crippen LogP contribution is 2.31. The van der Waals surface area contributed by atoms with E-state index in [4.69, 9.17) is 0 Å². The Bertz CT molecular complexity index is 312. The van der Waals surface area contributed by atoms with E-state index in [9.17, 15) is 0 Å². The van der Waals surface area contributed by atoms with Gasteiger partial charge in [0.1, 0.15) is 0 Å². The van der Waals surface area contributed by atoms with Gasteiger partial charge in [0.25, 0.3) is 0 Å². The van der Waals surface area contributed by atoms with Crippen molar-refractivity contribution in [3.63, 3.8) is 0 Å². The molecule has 1 heterocycles. The van der Waals surface area contributed by atoms with E-state index < -0.39 is 0 Å². The van der Waals surface area contributed by atoms with Gasteiger partial charge in [-0.25, -0.2) is 4.98 Å². The predicted octanol–water partition coefficient (Wildman–Crippen LogP) is 2.49. The smallest absolute Gasteiger partial charge is 0.0945 e. The van der Waals surface area contributed by atoms with Crippen LogP contribution in [0.5, 0.6) is 0 Å². The summed E-state index contributed by atoms with van der Waals surface area (Å²) in [6, 6.07) is 0.799. The highest BCUT2D eigenvalue weighted by atomic mass is 32.2. The SMILES string of the molecule is CS[C@@H]1CCC[C@@H]1N(C)CCCn1ccnc1. The van der Waals surface area contributed by atoms with Gasteiger partial charge in [0.05, 0.1) is 6.33 Å². The summed E-state index contributed by atoms with van der Waals surface area (Å²) in [7, 11) is 2.28. The second-order valence-corrected chi connectivity index (χ2v) is 5.98. The number of hydrogen-bond donors (Lipinski definition) is 0. The van der Waals surface area contributed by atoms with Crippen LogP contribution in [0.3, 0.4) is 0 Å². The first-order valence-electron chi connectivity index (χ1n) is 6.50. The number of aryl methyl sites for hydroxylation is 1. The molecule has 1 saturated carbocycles. The number of hydrogen-bond acceptors (Lipinski definition) is 3. The molecule has 1 aliphatic rings. The lowest BCUT2D eigenvalue weighted by Gasteiger charge is -2.28. The van der Waals surface area contributed by atoms with Crippen LogP contribution in [0.1, 0.15) is 25.7 Å². The summed E-state index contributed by atoms with van der Waals surface area (Å²) in [5.41, 5.74) is 0. The van der Waals surface area contributed by atoms with Gasteiger partial charge in [-0.2, -0.15) is 11.8 Å². The fraction of sp³-hybridized carbons (Fsp3) is 0.769. The Balaban J connectivity index is 1.71. The van der Waals surface area contributed by atoms with Crippen LogP contribution in [-0.4, -0.2) is 45.6 Å². The van der Waals surface area contributed by atoms with Crippen molar-refractivity contribution in [2.24, 2.45) is 0 Å². The van der Waals surface area contributed by atoms with E-state index >= 15 is 0 Å². The van der Waals surface area contributed by atoms with Crippen molar-refractivity contribution >= 4 is 11.8 Å². The summed E-state index contributed by atoms with van der Waals surface area (Å²) in [5, 5.41) is 0.855. The Morgan fingerprint density at radius 1 is 1.47 bits per heavy atom. The van der Waals surface area contributed by atoms with Gasteiger partial charge >= 0.3 is 0 Å². The van der Waals surface area contributed by atoms with Crippen LogP contribution in [0.25, 0.3) is 0 Å². The minimum absolute atomic E-state index is 0.799. The molecule has 3 nitrogen and oxygen atoms in total. The van der Waals surface area contributed by atoms with Crippen molar-refractivity contribution in [1.82, 2.24) is 14.5 Å². The average Bonchev–Trinajstić information content (AvgIpc) is 2.99. The lowest BCUT2D eigenvalue weighted by molar-refractivity contribution is 0.243. The van der Waals surface area contributed by atoms with Gasteiger partial charge in [-0.1, -0.05) is 6.42 Å². The van der Waals surface area contributed by atoms with E-state index in [0.717, 1.165) is 17.8 Å². The third kappa shape index (κ3) is 3.49. The van der Waals surface area contributed by atoms with E-state index in [-0.39, 0.29) is 0 Å². The fourth-order valence-corrected chi connectivity index (χ4v) is 3.83. The summed E-state index contributed by atoms with van der Waals surface area (Å²) < 4.78 is 2.16. The van der Waals surface area contributed by atoms with Gasteiger partial charge in [0.15, 0.2) is 0 Å². The molecular weight excluding hydrogens is 230 g/mol. The molecule has 96 valence electrons. The van der Waals surface area contributed by atoms with Crippen LogP contribution in [0.2, 0.25) is 0 Å². The first kappa shape index (κ1) is 13.0. The second kappa shape index (κ2) is 6.45. The molecule has 2 rings (SSSR count). The van der Waals surface area contributed by atoms with Crippen molar-refractivity contribution in [1.29, 1.82) is 0 Å². The summed E-state index contributed by atoms with van der Waals surface area (Å²) in [6.45, 7) is 2.28. The molecule has 1 aromatic heterocycles. The molecule has 1 fully saturated rings. The summed E-state index contributed by atoms with van der Waals surface area (Å²) in [5.74, 6) is 0. The summed E-state index contributed by atoms with van der Waals surface area (Å²) in [6.07, 6.45) is 13.4. The monoisotopic (exact) mass is 253 g/mol. The highest BCUT2D eigenvalue weighted by Gasteiger charge is 2.29. The van der Waals surface area contributed by atoms with Crippen LogP contribution in [0, 0.1) is 0 Å². The molecule has 0 N–H and O–H groups in total. The number of aromatic nitrogens is 2. The number of thioether (sulfide) groups is 1. The van der Waals surface area contributed by atoms with Crippen LogP contribution in [0.15, 0.2) is 18.7 Å². The Morgan fingerprint density at radius 3 is 3.06 bits per heavy atom. The van der Waals surface area contributed by atoms with Crippen LogP contribution < -0.4 is 0 Å². The minimum atomic E-state index is 0.799. The zero-order valence-electron chi connectivity index (χ0n) is 10.9. The fourth-order valence-electron chi connectivity index (χ4n) is 2.77. The molecule has 0 spiro atoms. The molecule has 0 amide bonds. The van der Waals surface area contributed by atoms with Crippen molar-refractivity contribution in [2.45, 2.75) is 43.5 Å². The molecule has 0 unspecified atom stereocenters. The average molecular weight is 253 g/mol. The van der Waals surface area contributed by atoms with Crippen molar-refractivity contribution in [3.8, 4) is 0 Å². The molecule has 0 bridgehead atoms. The Kier molecular flexibility index (Phi) is 4.92. The molecule has 0 radical (unpaired) electrons. The molecule has 4 heteroatoms. The Labute approximate surface area is 109 Å². The van der Waals surface area contributed by atoms with Crippen molar-refractivity contribution in [3.05, 3.63) is 18.7 Å². The maximum atomic E-state index is 4.07. The van der Waals surface area contributed by atoms with E-state index in [1.807, 2.05) is 30.5 Å². The predicted molar refractivity (Wildman–Crippen MR) is 74.4 cm³/mol. The van der Waals surface area contributed by atoms with Crippen molar-refractivity contribution < 1.29 is 0 Å². The van der Waals surface area contributed by atoms with Crippen LogP contribution in [0.4, 0.5) is 0 Å². The lowest BCUT2D eigenvalue weighted by Crippen LogP contribution is -2.37. The molecule has 17 heavy (non-hydrogen) atoms. The van der Waals surface area contributed by atoms with Gasteiger partial charge in [-0.15, -0.1) is 0 Å². The first-order chi connectivity index (χ1) is 8.31. The van der Waals surface area contributed by atoms with E-state index in [1.54, 1.807) is 0 Å². The standard InChI is InChI=1S/C13H23N3S/c1-15(12-5-3-6-13(12)17-2)8-4-9-16-10-7-14-11-16/h7,10-13H,3-6,8-9H2,1-2H3/t12-,13+/m0/s1. The Morgan fingerprint density at radius 2 is 2.35 bits per heavy atom. The van der Waals surface area contributed by atoms with Gasteiger partial charge in [0, 0.05) is 30.2 Å². The zero-order chi connectivity index (χ0) is 12.1. The lowest BCUT2D eigenvalue weighted by atomic mass is 10.2. The third-order valence-corrected chi connectivity index (χ3v) is 4.93. The molecule has 1 aliphatic carbocycles. The van der Waals surface area contributed by atoms with E-state index in [2.05, 4.69) is 27.8 Å². The molecule has 0 aliphatic heterocycles. The zero-order valence-corrected chi connectivity index (χ0v) is 11.7. The molecular formula is C13H23N3S. The van der Waals surface area contributed by atoms with Crippen molar-refractivity contribution in [2.75, 3.05) is 19.8 Å². The molecule has 0 saturated heterocycles. The van der Waals surface area contributed by atoms with Gasteiger partial charge in [-0.3, -0.25) is 0 Å². The quantitative estimate of drug-likeness (QED) is 0.777. The van der Waals surface area contributed by atoms with Gasteiger partial charge in [0.2, 0.25) is 0 Å². The van der Waals surface area contributed by atoms with Crippen LogP contribution >= 0.6 is 11.8 Å². The second-order valence-electron chi connectivity index (χ2n) is 4.91. The number of rotatable bonds is 6. The maximum Gasteiger partial charge on any atom is 0.0945 e.